The average Bonchev–Trinajstić information content (AvgIpc) is 3.06. The van der Waals surface area contributed by atoms with Crippen LogP contribution in [0.1, 0.15) is 21.6 Å². The lowest BCUT2D eigenvalue weighted by Gasteiger charge is -2.09. The number of rotatable bonds is 5. The highest BCUT2D eigenvalue weighted by molar-refractivity contribution is 6.36. The van der Waals surface area contributed by atoms with Gasteiger partial charge < -0.3 is 10.1 Å². The Hall–Kier alpha value is -2.50. The molecular weight excluding hydrogens is 373 g/mol. The number of nitrogens with zero attached hydrogens (tertiary/aromatic N) is 2. The summed E-state index contributed by atoms with van der Waals surface area (Å²) < 4.78 is 7.31. The Morgan fingerprint density at radius 2 is 1.96 bits per heavy atom. The zero-order chi connectivity index (χ0) is 18.7. The highest BCUT2D eigenvalue weighted by Gasteiger charge is 2.12. The van der Waals surface area contributed by atoms with Crippen LogP contribution in [-0.4, -0.2) is 15.7 Å². The summed E-state index contributed by atoms with van der Waals surface area (Å²) in [6.45, 7) is 4.22. The molecule has 5 nitrogen and oxygen atoms in total. The second kappa shape index (κ2) is 7.81. The van der Waals surface area contributed by atoms with Crippen LogP contribution in [0.2, 0.25) is 10.0 Å². The number of anilines is 1. The maximum absolute atomic E-state index is 12.3. The van der Waals surface area contributed by atoms with Crippen LogP contribution in [-0.2, 0) is 6.73 Å². The van der Waals surface area contributed by atoms with Crippen molar-refractivity contribution in [2.24, 2.45) is 0 Å². The molecule has 3 rings (SSSR count). The van der Waals surface area contributed by atoms with Crippen LogP contribution in [0.5, 0.6) is 5.75 Å². The fourth-order valence-electron chi connectivity index (χ4n) is 2.43. The summed E-state index contributed by atoms with van der Waals surface area (Å²) in [6.07, 6.45) is 1.68. The van der Waals surface area contributed by atoms with Crippen molar-refractivity contribution in [3.8, 4) is 5.75 Å². The topological polar surface area (TPSA) is 56.1 Å². The minimum Gasteiger partial charge on any atom is -0.471 e. The van der Waals surface area contributed by atoms with Gasteiger partial charge in [-0.3, -0.25) is 4.79 Å². The molecule has 0 spiro atoms. The molecule has 1 heterocycles. The number of carbonyl (C=O) groups is 1. The first kappa shape index (κ1) is 18.3. The first-order valence-corrected chi connectivity index (χ1v) is 8.68. The number of aryl methyl sites for hydroxylation is 2. The smallest absolute Gasteiger partial charge is 0.276 e. The molecule has 0 aliphatic heterocycles. The van der Waals surface area contributed by atoms with E-state index in [0.717, 1.165) is 11.3 Å². The van der Waals surface area contributed by atoms with Crippen molar-refractivity contribution in [3.05, 3.63) is 75.5 Å². The summed E-state index contributed by atoms with van der Waals surface area (Å²) in [5.74, 6) is 0.421. The quantitative estimate of drug-likeness (QED) is 0.660. The highest BCUT2D eigenvalue weighted by Crippen LogP contribution is 2.25. The van der Waals surface area contributed by atoms with Gasteiger partial charge in [-0.1, -0.05) is 40.9 Å². The minimum absolute atomic E-state index is 0.207. The molecule has 0 aliphatic carbocycles. The first-order valence-electron chi connectivity index (χ1n) is 7.92. The van der Waals surface area contributed by atoms with E-state index >= 15 is 0 Å². The fraction of sp³-hybridized carbons (Fsp3) is 0.158. The molecule has 1 N–H and O–H groups in total. The lowest BCUT2D eigenvalue weighted by atomic mass is 10.1. The third-order valence-corrected chi connectivity index (χ3v) is 4.28. The third kappa shape index (κ3) is 4.36. The Balaban J connectivity index is 1.64. The molecule has 0 aliphatic rings. The van der Waals surface area contributed by atoms with Gasteiger partial charge in [-0.15, -0.1) is 0 Å². The number of halogens is 2. The molecule has 2 aromatic carbocycles. The fourth-order valence-corrected chi connectivity index (χ4v) is 2.88. The van der Waals surface area contributed by atoms with Gasteiger partial charge in [0.05, 0.1) is 10.7 Å². The largest absolute Gasteiger partial charge is 0.471 e. The number of carbonyl (C=O) groups excluding carboxylic acids is 1. The van der Waals surface area contributed by atoms with Crippen LogP contribution >= 0.6 is 23.2 Å². The van der Waals surface area contributed by atoms with Crippen molar-refractivity contribution in [2.75, 3.05) is 5.32 Å². The number of hydrogen-bond acceptors (Lipinski definition) is 3. The van der Waals surface area contributed by atoms with Crippen LogP contribution in [0.15, 0.2) is 48.7 Å². The minimum atomic E-state index is -0.362. The van der Waals surface area contributed by atoms with Gasteiger partial charge in [0.2, 0.25) is 0 Å². The zero-order valence-electron chi connectivity index (χ0n) is 14.3. The van der Waals surface area contributed by atoms with E-state index in [4.69, 9.17) is 27.9 Å². The lowest BCUT2D eigenvalue weighted by Crippen LogP contribution is -2.14. The number of benzene rings is 2. The summed E-state index contributed by atoms with van der Waals surface area (Å²) in [6, 6.07) is 12.4. The molecule has 1 amide bonds. The van der Waals surface area contributed by atoms with Crippen molar-refractivity contribution in [2.45, 2.75) is 20.6 Å². The molecule has 0 bridgehead atoms. The van der Waals surface area contributed by atoms with E-state index < -0.39 is 0 Å². The number of hydrogen-bond donors (Lipinski definition) is 1. The standard InChI is InChI=1S/C19H17Cl2N3O2/c1-12-3-6-18(13(2)9-12)26-11-24-8-7-17(23-24)19(25)22-16-5-4-14(20)10-15(16)21/h3-10H,11H2,1-2H3,(H,22,25). The van der Waals surface area contributed by atoms with Gasteiger partial charge in [0, 0.05) is 11.2 Å². The van der Waals surface area contributed by atoms with Crippen molar-refractivity contribution >= 4 is 34.8 Å². The molecule has 0 unspecified atom stereocenters. The molecule has 0 fully saturated rings. The molecule has 134 valence electrons. The van der Waals surface area contributed by atoms with Crippen molar-refractivity contribution in [1.82, 2.24) is 9.78 Å². The highest BCUT2D eigenvalue weighted by atomic mass is 35.5. The Labute approximate surface area is 161 Å². The summed E-state index contributed by atoms with van der Waals surface area (Å²) in [5, 5.41) is 7.80. The summed E-state index contributed by atoms with van der Waals surface area (Å²) in [5.41, 5.74) is 2.96. The third-order valence-electron chi connectivity index (χ3n) is 3.74. The molecule has 3 aromatic rings. The molecule has 0 radical (unpaired) electrons. The number of aromatic nitrogens is 2. The van der Waals surface area contributed by atoms with Crippen LogP contribution in [0.25, 0.3) is 0 Å². The molecule has 1 aromatic heterocycles. The van der Waals surface area contributed by atoms with Gasteiger partial charge in [-0.2, -0.15) is 5.10 Å². The van der Waals surface area contributed by atoms with E-state index in [1.54, 1.807) is 35.1 Å². The Bertz CT molecular complexity index is 954. The van der Waals surface area contributed by atoms with E-state index in [1.165, 1.54) is 5.56 Å². The van der Waals surface area contributed by atoms with Crippen molar-refractivity contribution in [3.63, 3.8) is 0 Å². The van der Waals surface area contributed by atoms with E-state index in [-0.39, 0.29) is 18.3 Å². The van der Waals surface area contributed by atoms with E-state index in [9.17, 15) is 4.79 Å². The molecule has 0 atom stereocenters. The monoisotopic (exact) mass is 389 g/mol. The second-order valence-electron chi connectivity index (χ2n) is 5.86. The predicted octanol–water partition coefficient (Wildman–Crippen LogP) is 5.10. The summed E-state index contributed by atoms with van der Waals surface area (Å²) >= 11 is 11.9. The average molecular weight is 390 g/mol. The molecule has 26 heavy (non-hydrogen) atoms. The lowest BCUT2D eigenvalue weighted by molar-refractivity contribution is 0.102. The maximum Gasteiger partial charge on any atom is 0.276 e. The predicted molar refractivity (Wildman–Crippen MR) is 103 cm³/mol. The second-order valence-corrected chi connectivity index (χ2v) is 6.70. The number of ether oxygens (including phenoxy) is 1. The summed E-state index contributed by atoms with van der Waals surface area (Å²) in [7, 11) is 0. The van der Waals surface area contributed by atoms with Crippen LogP contribution in [0.3, 0.4) is 0 Å². The normalized spacial score (nSPS) is 10.6. The van der Waals surface area contributed by atoms with Crippen molar-refractivity contribution < 1.29 is 9.53 Å². The van der Waals surface area contributed by atoms with Crippen LogP contribution in [0.4, 0.5) is 5.69 Å². The summed E-state index contributed by atoms with van der Waals surface area (Å²) in [4.78, 5) is 12.3. The Morgan fingerprint density at radius 3 is 2.69 bits per heavy atom. The van der Waals surface area contributed by atoms with E-state index in [2.05, 4.69) is 10.4 Å². The molecule has 0 saturated carbocycles. The molecular formula is C19H17Cl2N3O2. The van der Waals surface area contributed by atoms with Gasteiger partial charge in [-0.05, 0) is 49.7 Å². The van der Waals surface area contributed by atoms with Gasteiger partial charge in [0.15, 0.2) is 12.4 Å². The maximum atomic E-state index is 12.3. The molecule has 0 saturated heterocycles. The van der Waals surface area contributed by atoms with E-state index in [0.29, 0.717) is 15.7 Å². The number of amides is 1. The van der Waals surface area contributed by atoms with Gasteiger partial charge in [-0.25, -0.2) is 4.68 Å². The Kier molecular flexibility index (Phi) is 5.49. The van der Waals surface area contributed by atoms with Gasteiger partial charge in [0.25, 0.3) is 5.91 Å². The van der Waals surface area contributed by atoms with Crippen LogP contribution in [0, 0.1) is 13.8 Å². The van der Waals surface area contributed by atoms with Crippen molar-refractivity contribution in [1.29, 1.82) is 0 Å². The number of nitrogens with one attached hydrogen (secondary N) is 1. The SMILES string of the molecule is Cc1ccc(OCn2ccc(C(=O)Nc3ccc(Cl)cc3Cl)n2)c(C)c1. The zero-order valence-corrected chi connectivity index (χ0v) is 15.8. The van der Waals surface area contributed by atoms with E-state index in [1.807, 2.05) is 32.0 Å². The van der Waals surface area contributed by atoms with Gasteiger partial charge >= 0.3 is 0 Å². The first-order chi connectivity index (χ1) is 12.4. The van der Waals surface area contributed by atoms with Gasteiger partial charge in [0.1, 0.15) is 5.75 Å². The van der Waals surface area contributed by atoms with Crippen LogP contribution < -0.4 is 10.1 Å². The Morgan fingerprint density at radius 1 is 1.15 bits per heavy atom. The molecule has 7 heteroatoms.